The van der Waals surface area contributed by atoms with Crippen molar-refractivity contribution in [3.05, 3.63) is 41.3 Å². The first-order valence-corrected chi connectivity index (χ1v) is 5.26. The normalized spacial score (nSPS) is 10.1. The number of halogens is 1. The van der Waals surface area contributed by atoms with Crippen molar-refractivity contribution in [2.24, 2.45) is 0 Å². The van der Waals surface area contributed by atoms with E-state index in [2.05, 4.69) is 15.3 Å². The van der Waals surface area contributed by atoms with Crippen molar-refractivity contribution in [2.75, 3.05) is 5.32 Å². The fourth-order valence-corrected chi connectivity index (χ4v) is 1.45. The lowest BCUT2D eigenvalue weighted by Crippen LogP contribution is -2.13. The van der Waals surface area contributed by atoms with Crippen LogP contribution in [0.15, 0.2) is 30.5 Å². The number of carbonyl (C=O) groups excluding carboxylic acids is 1. The van der Waals surface area contributed by atoms with Crippen LogP contribution in [-0.4, -0.2) is 26.1 Å². The number of benzene rings is 1. The smallest absolute Gasteiger partial charge is 0.260 e. The monoisotopic (exact) mass is 265 g/mol. The Labute approximate surface area is 107 Å². The van der Waals surface area contributed by atoms with Crippen LogP contribution in [0.25, 0.3) is 0 Å². The molecule has 7 heteroatoms. The molecule has 0 aliphatic heterocycles. The molecule has 18 heavy (non-hydrogen) atoms. The van der Waals surface area contributed by atoms with Gasteiger partial charge in [0.2, 0.25) is 5.28 Å². The maximum atomic E-state index is 11.8. The topological polar surface area (TPSA) is 95.3 Å². The Bertz CT molecular complexity index is 604. The molecule has 0 saturated carbocycles. The number of carbonyl (C=O) groups is 1. The number of nitrogens with one attached hydrogen (secondary N) is 1. The third-order valence-electron chi connectivity index (χ3n) is 2.09. The van der Waals surface area contributed by atoms with Gasteiger partial charge in [-0.25, -0.2) is 9.97 Å². The first-order chi connectivity index (χ1) is 8.56. The van der Waals surface area contributed by atoms with Gasteiger partial charge in [-0.05, 0) is 29.8 Å². The summed E-state index contributed by atoms with van der Waals surface area (Å²) in [5, 5.41) is 21.1. The fourth-order valence-electron chi connectivity index (χ4n) is 1.30. The summed E-state index contributed by atoms with van der Waals surface area (Å²) in [6.07, 6.45) is 1.39. The minimum Gasteiger partial charge on any atom is -0.508 e. The summed E-state index contributed by atoms with van der Waals surface area (Å²) in [6, 6.07) is 5.12. The number of aromatic hydroxyl groups is 2. The van der Waals surface area contributed by atoms with Crippen LogP contribution in [0.3, 0.4) is 0 Å². The van der Waals surface area contributed by atoms with Crippen molar-refractivity contribution >= 4 is 23.3 Å². The first kappa shape index (κ1) is 12.1. The Morgan fingerprint density at radius 3 is 2.72 bits per heavy atom. The SMILES string of the molecule is O=C(Nc1ccnc(Cl)n1)c1ccc(O)cc1O. The van der Waals surface area contributed by atoms with Crippen molar-refractivity contribution in [1.29, 1.82) is 0 Å². The third kappa shape index (κ3) is 2.67. The molecule has 92 valence electrons. The number of hydrogen-bond donors (Lipinski definition) is 3. The molecule has 0 bridgehead atoms. The average molecular weight is 266 g/mol. The van der Waals surface area contributed by atoms with Crippen molar-refractivity contribution in [1.82, 2.24) is 9.97 Å². The molecule has 0 fully saturated rings. The van der Waals surface area contributed by atoms with Gasteiger partial charge in [0.15, 0.2) is 0 Å². The molecule has 1 aromatic heterocycles. The maximum Gasteiger partial charge on any atom is 0.260 e. The molecule has 0 aliphatic rings. The zero-order valence-electron chi connectivity index (χ0n) is 8.96. The second-order valence-corrected chi connectivity index (χ2v) is 3.70. The van der Waals surface area contributed by atoms with Gasteiger partial charge in [-0.3, -0.25) is 4.79 Å². The standard InChI is InChI=1S/C11H8ClN3O3/c12-11-13-4-3-9(15-11)14-10(18)7-2-1-6(16)5-8(7)17/h1-5,16-17H,(H,13,14,15,18). The largest absolute Gasteiger partial charge is 0.508 e. The van der Waals surface area contributed by atoms with Crippen LogP contribution in [0, 0.1) is 0 Å². The second kappa shape index (κ2) is 4.89. The van der Waals surface area contributed by atoms with Crippen LogP contribution in [0.2, 0.25) is 5.28 Å². The predicted octanol–water partition coefficient (Wildman–Crippen LogP) is 1.79. The number of rotatable bonds is 2. The lowest BCUT2D eigenvalue weighted by Gasteiger charge is -2.06. The molecule has 0 saturated heterocycles. The summed E-state index contributed by atoms with van der Waals surface area (Å²) in [5.74, 6) is -0.809. The van der Waals surface area contributed by atoms with Gasteiger partial charge < -0.3 is 15.5 Å². The fraction of sp³-hybridized carbons (Fsp3) is 0. The molecule has 0 atom stereocenters. The highest BCUT2D eigenvalue weighted by Crippen LogP contribution is 2.23. The molecule has 0 unspecified atom stereocenters. The van der Waals surface area contributed by atoms with Crippen molar-refractivity contribution in [2.45, 2.75) is 0 Å². The van der Waals surface area contributed by atoms with Gasteiger partial charge in [-0.15, -0.1) is 0 Å². The van der Waals surface area contributed by atoms with Crippen LogP contribution in [-0.2, 0) is 0 Å². The van der Waals surface area contributed by atoms with Crippen molar-refractivity contribution in [3.8, 4) is 11.5 Å². The zero-order chi connectivity index (χ0) is 13.1. The summed E-state index contributed by atoms with van der Waals surface area (Å²) in [5.41, 5.74) is 0.0162. The Morgan fingerprint density at radius 1 is 1.28 bits per heavy atom. The van der Waals surface area contributed by atoms with Crippen LogP contribution >= 0.6 is 11.6 Å². The molecule has 3 N–H and O–H groups in total. The van der Waals surface area contributed by atoms with E-state index in [1.165, 1.54) is 24.4 Å². The van der Waals surface area contributed by atoms with Gasteiger partial charge in [-0.2, -0.15) is 0 Å². The molecule has 2 aromatic rings. The quantitative estimate of drug-likeness (QED) is 0.720. The Hall–Kier alpha value is -2.34. The number of nitrogens with zero attached hydrogens (tertiary/aromatic N) is 2. The van der Waals surface area contributed by atoms with E-state index in [1.54, 1.807) is 0 Å². The van der Waals surface area contributed by atoms with Crippen LogP contribution in [0.4, 0.5) is 5.82 Å². The molecular formula is C11H8ClN3O3. The Kier molecular flexibility index (Phi) is 3.29. The van der Waals surface area contributed by atoms with E-state index in [9.17, 15) is 9.90 Å². The lowest BCUT2D eigenvalue weighted by molar-refractivity contribution is 0.102. The number of phenolic OH excluding ortho intramolecular Hbond substituents is 2. The molecule has 1 amide bonds. The number of anilines is 1. The van der Waals surface area contributed by atoms with Crippen LogP contribution < -0.4 is 5.32 Å². The summed E-state index contributed by atoms with van der Waals surface area (Å²) in [7, 11) is 0. The van der Waals surface area contributed by atoms with Gasteiger partial charge in [0.25, 0.3) is 5.91 Å². The Morgan fingerprint density at radius 2 is 2.06 bits per heavy atom. The van der Waals surface area contributed by atoms with E-state index in [0.29, 0.717) is 0 Å². The molecule has 0 aliphatic carbocycles. The minimum atomic E-state index is -0.567. The molecule has 1 aromatic carbocycles. The van der Waals surface area contributed by atoms with Crippen LogP contribution in [0.1, 0.15) is 10.4 Å². The van der Waals surface area contributed by atoms with E-state index < -0.39 is 5.91 Å². The number of phenols is 2. The number of aromatic nitrogens is 2. The van der Waals surface area contributed by atoms with E-state index in [4.69, 9.17) is 16.7 Å². The summed E-state index contributed by atoms with van der Waals surface area (Å²) in [4.78, 5) is 19.2. The third-order valence-corrected chi connectivity index (χ3v) is 2.28. The molecular weight excluding hydrogens is 258 g/mol. The Balaban J connectivity index is 2.22. The van der Waals surface area contributed by atoms with Crippen LogP contribution in [0.5, 0.6) is 11.5 Å². The molecule has 2 rings (SSSR count). The van der Waals surface area contributed by atoms with Crippen molar-refractivity contribution < 1.29 is 15.0 Å². The summed E-state index contributed by atoms with van der Waals surface area (Å²) >= 11 is 5.57. The lowest BCUT2D eigenvalue weighted by atomic mass is 10.2. The number of hydrogen-bond acceptors (Lipinski definition) is 5. The van der Waals surface area contributed by atoms with E-state index in [-0.39, 0.29) is 28.2 Å². The minimum absolute atomic E-state index is 0.00253. The average Bonchev–Trinajstić information content (AvgIpc) is 2.28. The molecule has 0 radical (unpaired) electrons. The molecule has 6 nitrogen and oxygen atoms in total. The van der Waals surface area contributed by atoms with Crippen molar-refractivity contribution in [3.63, 3.8) is 0 Å². The zero-order valence-corrected chi connectivity index (χ0v) is 9.72. The highest BCUT2D eigenvalue weighted by molar-refractivity contribution is 6.28. The van der Waals surface area contributed by atoms with Gasteiger partial charge in [-0.1, -0.05) is 0 Å². The summed E-state index contributed by atoms with van der Waals surface area (Å²) in [6.45, 7) is 0. The highest BCUT2D eigenvalue weighted by atomic mass is 35.5. The van der Waals surface area contributed by atoms with Gasteiger partial charge in [0.05, 0.1) is 5.56 Å². The van der Waals surface area contributed by atoms with Gasteiger partial charge >= 0.3 is 0 Å². The first-order valence-electron chi connectivity index (χ1n) is 4.88. The predicted molar refractivity (Wildman–Crippen MR) is 64.8 cm³/mol. The van der Waals surface area contributed by atoms with E-state index in [0.717, 1.165) is 6.07 Å². The molecule has 1 heterocycles. The number of amides is 1. The molecule has 0 spiro atoms. The van der Waals surface area contributed by atoms with Gasteiger partial charge in [0.1, 0.15) is 17.3 Å². The van der Waals surface area contributed by atoms with Gasteiger partial charge in [0, 0.05) is 12.3 Å². The van der Waals surface area contributed by atoms with E-state index in [1.807, 2.05) is 0 Å². The summed E-state index contributed by atoms with van der Waals surface area (Å²) < 4.78 is 0. The highest BCUT2D eigenvalue weighted by Gasteiger charge is 2.12. The second-order valence-electron chi connectivity index (χ2n) is 3.37. The maximum absolute atomic E-state index is 11.8. The van der Waals surface area contributed by atoms with E-state index >= 15 is 0 Å².